The van der Waals surface area contributed by atoms with Gasteiger partial charge in [0.2, 0.25) is 5.91 Å². The van der Waals surface area contributed by atoms with Gasteiger partial charge in [0.05, 0.1) is 13.0 Å². The number of hydrogen-bond acceptors (Lipinski definition) is 3. The third-order valence-electron chi connectivity index (χ3n) is 2.87. The first-order valence-electron chi connectivity index (χ1n) is 6.70. The summed E-state index contributed by atoms with van der Waals surface area (Å²) in [5.74, 6) is 0.652. The van der Waals surface area contributed by atoms with Gasteiger partial charge in [-0.1, -0.05) is 17.7 Å². The molecular weight excluding hydrogens is 288 g/mol. The Morgan fingerprint density at radius 3 is 2.67 bits per heavy atom. The van der Waals surface area contributed by atoms with Crippen molar-refractivity contribution in [3.63, 3.8) is 0 Å². The van der Waals surface area contributed by atoms with Crippen LogP contribution in [0.25, 0.3) is 0 Å². The average Bonchev–Trinajstić information content (AvgIpc) is 2.49. The highest BCUT2D eigenvalue weighted by molar-refractivity contribution is 6.30. The highest BCUT2D eigenvalue weighted by Gasteiger charge is 2.02. The molecule has 21 heavy (non-hydrogen) atoms. The lowest BCUT2D eigenvalue weighted by molar-refractivity contribution is -0.121. The second-order valence-corrected chi connectivity index (χ2v) is 5.07. The van der Waals surface area contributed by atoms with E-state index in [0.29, 0.717) is 30.3 Å². The number of aromatic nitrogens is 1. The zero-order valence-corrected chi connectivity index (χ0v) is 12.6. The summed E-state index contributed by atoms with van der Waals surface area (Å²) in [6.45, 7) is 2.74. The van der Waals surface area contributed by atoms with Crippen LogP contribution < -0.4 is 10.1 Å². The lowest BCUT2D eigenvalue weighted by Crippen LogP contribution is -2.24. The lowest BCUT2D eigenvalue weighted by atomic mass is 10.2. The zero-order valence-electron chi connectivity index (χ0n) is 11.8. The summed E-state index contributed by atoms with van der Waals surface area (Å²) in [4.78, 5) is 15.9. The molecule has 0 bridgehead atoms. The molecule has 1 amide bonds. The molecule has 0 fully saturated rings. The molecule has 5 heteroatoms. The van der Waals surface area contributed by atoms with E-state index in [1.807, 2.05) is 19.1 Å². The number of nitrogens with one attached hydrogen (secondary N) is 1. The van der Waals surface area contributed by atoms with Gasteiger partial charge < -0.3 is 10.1 Å². The first-order valence-corrected chi connectivity index (χ1v) is 7.08. The molecule has 0 aliphatic rings. The van der Waals surface area contributed by atoms with Gasteiger partial charge >= 0.3 is 0 Å². The third kappa shape index (κ3) is 5.44. The molecule has 0 saturated heterocycles. The van der Waals surface area contributed by atoms with Crippen molar-refractivity contribution >= 4 is 17.5 Å². The van der Waals surface area contributed by atoms with Gasteiger partial charge in [-0.15, -0.1) is 0 Å². The van der Waals surface area contributed by atoms with Crippen LogP contribution in [0.4, 0.5) is 0 Å². The second-order valence-electron chi connectivity index (χ2n) is 4.64. The minimum Gasteiger partial charge on any atom is -0.493 e. The topological polar surface area (TPSA) is 51.2 Å². The van der Waals surface area contributed by atoms with Gasteiger partial charge in [0.15, 0.2) is 0 Å². The second kappa shape index (κ2) is 7.64. The van der Waals surface area contributed by atoms with E-state index in [2.05, 4.69) is 10.3 Å². The van der Waals surface area contributed by atoms with Crippen LogP contribution in [0.15, 0.2) is 42.6 Å². The number of halogens is 1. The number of rotatable bonds is 6. The maximum absolute atomic E-state index is 11.7. The van der Waals surface area contributed by atoms with Crippen LogP contribution in [-0.2, 0) is 11.3 Å². The number of hydrogen-bond donors (Lipinski definition) is 1. The summed E-state index contributed by atoms with van der Waals surface area (Å²) >= 11 is 5.78. The molecular formula is C16H17ClN2O2. The van der Waals surface area contributed by atoms with Gasteiger partial charge in [-0.2, -0.15) is 0 Å². The molecule has 0 radical (unpaired) electrons. The average molecular weight is 305 g/mol. The number of amides is 1. The van der Waals surface area contributed by atoms with Gasteiger partial charge in [-0.25, -0.2) is 0 Å². The van der Waals surface area contributed by atoms with Crippen LogP contribution in [0, 0.1) is 6.92 Å². The lowest BCUT2D eigenvalue weighted by Gasteiger charge is -2.07. The Bertz CT molecular complexity index is 582. The van der Waals surface area contributed by atoms with Crippen LogP contribution in [0.5, 0.6) is 5.75 Å². The Hall–Kier alpha value is -2.07. The quantitative estimate of drug-likeness (QED) is 0.892. The van der Waals surface area contributed by atoms with E-state index < -0.39 is 0 Å². The maximum Gasteiger partial charge on any atom is 0.223 e. The van der Waals surface area contributed by atoms with E-state index in [9.17, 15) is 4.79 Å². The number of aryl methyl sites for hydroxylation is 1. The van der Waals surface area contributed by atoms with Crippen LogP contribution >= 0.6 is 11.6 Å². The Morgan fingerprint density at radius 2 is 2.00 bits per heavy atom. The minimum absolute atomic E-state index is 0.0514. The predicted octanol–water partition coefficient (Wildman–Crippen LogP) is 3.13. The summed E-state index contributed by atoms with van der Waals surface area (Å²) < 4.78 is 5.47. The van der Waals surface area contributed by atoms with Gasteiger partial charge in [-0.3, -0.25) is 9.78 Å². The minimum atomic E-state index is -0.0514. The molecule has 0 saturated carbocycles. The maximum atomic E-state index is 11.7. The summed E-state index contributed by atoms with van der Waals surface area (Å²) in [5, 5.41) is 3.49. The number of pyridine rings is 1. The highest BCUT2D eigenvalue weighted by atomic mass is 35.5. The summed E-state index contributed by atoms with van der Waals surface area (Å²) in [7, 11) is 0. The molecule has 1 heterocycles. The molecule has 0 spiro atoms. The van der Waals surface area contributed by atoms with E-state index in [1.165, 1.54) is 0 Å². The first-order chi connectivity index (χ1) is 10.1. The number of benzene rings is 1. The standard InChI is InChI=1S/C16H17ClN2O2/c1-12-2-3-13(10-18-12)11-19-16(20)8-9-21-15-6-4-14(17)5-7-15/h2-7,10H,8-9,11H2,1H3,(H,19,20). The Morgan fingerprint density at radius 1 is 1.24 bits per heavy atom. The molecule has 1 N–H and O–H groups in total. The van der Waals surface area contributed by atoms with Crippen molar-refractivity contribution in [2.45, 2.75) is 19.9 Å². The molecule has 1 aromatic carbocycles. The Labute approximate surface area is 129 Å². The van der Waals surface area contributed by atoms with Gasteiger partial charge in [0.1, 0.15) is 5.75 Å². The molecule has 2 aromatic rings. The van der Waals surface area contributed by atoms with E-state index in [0.717, 1.165) is 11.3 Å². The van der Waals surface area contributed by atoms with Crippen molar-refractivity contribution in [3.8, 4) is 5.75 Å². The Kier molecular flexibility index (Phi) is 5.58. The number of carbonyl (C=O) groups excluding carboxylic acids is 1. The highest BCUT2D eigenvalue weighted by Crippen LogP contribution is 2.15. The van der Waals surface area contributed by atoms with E-state index >= 15 is 0 Å². The van der Waals surface area contributed by atoms with Gasteiger partial charge in [0, 0.05) is 23.5 Å². The molecule has 2 rings (SSSR count). The fourth-order valence-corrected chi connectivity index (χ4v) is 1.81. The van der Waals surface area contributed by atoms with Crippen LogP contribution in [0.3, 0.4) is 0 Å². The SMILES string of the molecule is Cc1ccc(CNC(=O)CCOc2ccc(Cl)cc2)cn1. The van der Waals surface area contributed by atoms with E-state index in [4.69, 9.17) is 16.3 Å². The van der Waals surface area contributed by atoms with Crippen LogP contribution in [0.1, 0.15) is 17.7 Å². The van der Waals surface area contributed by atoms with Crippen LogP contribution in [0.2, 0.25) is 5.02 Å². The van der Waals surface area contributed by atoms with E-state index in [1.54, 1.807) is 30.5 Å². The van der Waals surface area contributed by atoms with E-state index in [-0.39, 0.29) is 5.91 Å². The number of ether oxygens (including phenoxy) is 1. The zero-order chi connectivity index (χ0) is 15.1. The van der Waals surface area contributed by atoms with Gasteiger partial charge in [-0.05, 0) is 42.8 Å². The molecule has 4 nitrogen and oxygen atoms in total. The molecule has 0 atom stereocenters. The van der Waals surface area contributed by atoms with Crippen molar-refractivity contribution < 1.29 is 9.53 Å². The molecule has 1 aromatic heterocycles. The fourth-order valence-electron chi connectivity index (χ4n) is 1.68. The first kappa shape index (κ1) is 15.3. The van der Waals surface area contributed by atoms with Crippen molar-refractivity contribution in [2.24, 2.45) is 0 Å². The summed E-state index contributed by atoms with van der Waals surface area (Å²) in [6.07, 6.45) is 2.07. The van der Waals surface area contributed by atoms with Crippen molar-refractivity contribution in [2.75, 3.05) is 6.61 Å². The van der Waals surface area contributed by atoms with Crippen molar-refractivity contribution in [1.29, 1.82) is 0 Å². The third-order valence-corrected chi connectivity index (χ3v) is 3.13. The summed E-state index contributed by atoms with van der Waals surface area (Å²) in [6, 6.07) is 10.9. The summed E-state index contributed by atoms with van der Waals surface area (Å²) in [5.41, 5.74) is 1.94. The number of carbonyl (C=O) groups is 1. The number of nitrogens with zero attached hydrogens (tertiary/aromatic N) is 1. The fraction of sp³-hybridized carbons (Fsp3) is 0.250. The monoisotopic (exact) mass is 304 g/mol. The van der Waals surface area contributed by atoms with Crippen molar-refractivity contribution in [3.05, 3.63) is 58.9 Å². The molecule has 110 valence electrons. The van der Waals surface area contributed by atoms with Crippen LogP contribution in [-0.4, -0.2) is 17.5 Å². The molecule has 0 aliphatic heterocycles. The van der Waals surface area contributed by atoms with Gasteiger partial charge in [0.25, 0.3) is 0 Å². The normalized spacial score (nSPS) is 10.2. The predicted molar refractivity (Wildman–Crippen MR) is 82.4 cm³/mol. The largest absolute Gasteiger partial charge is 0.493 e. The molecule has 0 aliphatic carbocycles. The smallest absolute Gasteiger partial charge is 0.223 e. The Balaban J connectivity index is 1.67. The van der Waals surface area contributed by atoms with Crippen molar-refractivity contribution in [1.82, 2.24) is 10.3 Å². The molecule has 0 unspecified atom stereocenters.